The van der Waals surface area contributed by atoms with E-state index in [-0.39, 0.29) is 5.91 Å². The summed E-state index contributed by atoms with van der Waals surface area (Å²) in [6.07, 6.45) is 0. The molecule has 0 aliphatic rings. The van der Waals surface area contributed by atoms with Gasteiger partial charge in [-0.2, -0.15) is 0 Å². The SMILES string of the molecule is COc1ccc(C(=O)NCCOc2ccc3ccccc3c2)cc1. The zero-order valence-corrected chi connectivity index (χ0v) is 13.5. The predicted molar refractivity (Wildman–Crippen MR) is 94.8 cm³/mol. The normalized spacial score (nSPS) is 10.4. The van der Waals surface area contributed by atoms with Gasteiger partial charge in [-0.25, -0.2) is 0 Å². The van der Waals surface area contributed by atoms with Gasteiger partial charge in [0.25, 0.3) is 5.91 Å². The van der Waals surface area contributed by atoms with Gasteiger partial charge < -0.3 is 14.8 Å². The minimum absolute atomic E-state index is 0.125. The van der Waals surface area contributed by atoms with Gasteiger partial charge in [-0.1, -0.05) is 30.3 Å². The third-order valence-corrected chi connectivity index (χ3v) is 3.73. The molecule has 0 bridgehead atoms. The Morgan fingerprint density at radius 3 is 2.38 bits per heavy atom. The van der Waals surface area contributed by atoms with Crippen LogP contribution < -0.4 is 14.8 Å². The van der Waals surface area contributed by atoms with Crippen LogP contribution in [0.1, 0.15) is 10.4 Å². The lowest BCUT2D eigenvalue weighted by atomic mass is 10.1. The maximum absolute atomic E-state index is 12.0. The lowest BCUT2D eigenvalue weighted by Gasteiger charge is -2.09. The standard InChI is InChI=1S/C20H19NO3/c1-23-18-9-7-16(8-10-18)20(22)21-12-13-24-19-11-6-15-4-2-3-5-17(15)14-19/h2-11,14H,12-13H2,1H3,(H,21,22). The number of carbonyl (C=O) groups is 1. The summed E-state index contributed by atoms with van der Waals surface area (Å²) in [7, 11) is 1.60. The van der Waals surface area contributed by atoms with Gasteiger partial charge in [-0.3, -0.25) is 4.79 Å². The highest BCUT2D eigenvalue weighted by Crippen LogP contribution is 2.20. The summed E-state index contributed by atoms with van der Waals surface area (Å²) in [4.78, 5) is 12.0. The molecule has 0 aliphatic carbocycles. The number of methoxy groups -OCH3 is 1. The number of carbonyl (C=O) groups excluding carboxylic acids is 1. The Bertz CT molecular complexity index is 828. The lowest BCUT2D eigenvalue weighted by molar-refractivity contribution is 0.0947. The second-order valence-electron chi connectivity index (χ2n) is 5.34. The van der Waals surface area contributed by atoms with Crippen LogP contribution in [0.3, 0.4) is 0 Å². The number of ether oxygens (including phenoxy) is 2. The van der Waals surface area contributed by atoms with Crippen molar-refractivity contribution in [3.05, 3.63) is 72.3 Å². The fourth-order valence-corrected chi connectivity index (χ4v) is 2.44. The smallest absolute Gasteiger partial charge is 0.251 e. The van der Waals surface area contributed by atoms with Crippen LogP contribution in [0.25, 0.3) is 10.8 Å². The van der Waals surface area contributed by atoms with Crippen LogP contribution in [-0.2, 0) is 0 Å². The molecule has 1 N–H and O–H groups in total. The van der Waals surface area contributed by atoms with E-state index in [4.69, 9.17) is 9.47 Å². The van der Waals surface area contributed by atoms with Crippen molar-refractivity contribution in [1.82, 2.24) is 5.32 Å². The molecule has 24 heavy (non-hydrogen) atoms. The van der Waals surface area contributed by atoms with Crippen molar-refractivity contribution in [2.75, 3.05) is 20.3 Å². The van der Waals surface area contributed by atoms with Crippen molar-refractivity contribution in [2.24, 2.45) is 0 Å². The van der Waals surface area contributed by atoms with Gasteiger partial charge in [0.15, 0.2) is 0 Å². The molecule has 0 unspecified atom stereocenters. The zero-order valence-electron chi connectivity index (χ0n) is 13.5. The van der Waals surface area contributed by atoms with E-state index in [2.05, 4.69) is 11.4 Å². The van der Waals surface area contributed by atoms with Gasteiger partial charge >= 0.3 is 0 Å². The molecule has 3 aromatic rings. The van der Waals surface area contributed by atoms with Crippen molar-refractivity contribution >= 4 is 16.7 Å². The molecule has 0 heterocycles. The van der Waals surface area contributed by atoms with Crippen LogP contribution in [0, 0.1) is 0 Å². The van der Waals surface area contributed by atoms with Gasteiger partial charge in [0, 0.05) is 5.56 Å². The Labute approximate surface area is 141 Å². The highest BCUT2D eigenvalue weighted by molar-refractivity contribution is 5.94. The molecule has 3 rings (SSSR count). The van der Waals surface area contributed by atoms with E-state index in [1.54, 1.807) is 31.4 Å². The number of benzene rings is 3. The van der Waals surface area contributed by atoms with Gasteiger partial charge in [0.2, 0.25) is 0 Å². The van der Waals surface area contributed by atoms with E-state index in [1.807, 2.05) is 36.4 Å². The Hall–Kier alpha value is -3.01. The molecule has 0 aliphatic heterocycles. The maximum atomic E-state index is 12.0. The Kier molecular flexibility index (Phi) is 4.96. The van der Waals surface area contributed by atoms with Crippen molar-refractivity contribution < 1.29 is 14.3 Å². The number of amides is 1. The van der Waals surface area contributed by atoms with E-state index in [1.165, 1.54) is 5.39 Å². The van der Waals surface area contributed by atoms with Gasteiger partial charge in [-0.15, -0.1) is 0 Å². The van der Waals surface area contributed by atoms with Crippen LogP contribution >= 0.6 is 0 Å². The average Bonchev–Trinajstić information content (AvgIpc) is 2.65. The quantitative estimate of drug-likeness (QED) is 0.705. The summed E-state index contributed by atoms with van der Waals surface area (Å²) in [5.41, 5.74) is 0.599. The molecular formula is C20H19NO3. The van der Waals surface area contributed by atoms with Crippen LogP contribution in [0.5, 0.6) is 11.5 Å². The summed E-state index contributed by atoms with van der Waals surface area (Å²) in [5, 5.41) is 5.15. The summed E-state index contributed by atoms with van der Waals surface area (Å²) < 4.78 is 10.8. The van der Waals surface area contributed by atoms with E-state index in [0.29, 0.717) is 18.7 Å². The van der Waals surface area contributed by atoms with Crippen LogP contribution in [0.4, 0.5) is 0 Å². The Morgan fingerprint density at radius 1 is 0.917 bits per heavy atom. The highest BCUT2D eigenvalue weighted by Gasteiger charge is 2.05. The fraction of sp³-hybridized carbons (Fsp3) is 0.150. The molecule has 0 saturated heterocycles. The molecule has 0 fully saturated rings. The molecule has 4 nitrogen and oxygen atoms in total. The van der Waals surface area contributed by atoms with E-state index < -0.39 is 0 Å². The van der Waals surface area contributed by atoms with Gasteiger partial charge in [0.05, 0.1) is 13.7 Å². The first-order valence-corrected chi connectivity index (χ1v) is 7.80. The summed E-state index contributed by atoms with van der Waals surface area (Å²) in [6, 6.07) is 21.1. The largest absolute Gasteiger partial charge is 0.497 e. The third-order valence-electron chi connectivity index (χ3n) is 3.73. The van der Waals surface area contributed by atoms with Crippen LogP contribution in [0.15, 0.2) is 66.7 Å². The van der Waals surface area contributed by atoms with E-state index in [0.717, 1.165) is 16.9 Å². The molecule has 122 valence electrons. The molecule has 0 spiro atoms. The van der Waals surface area contributed by atoms with Crippen molar-refractivity contribution in [3.8, 4) is 11.5 Å². The summed E-state index contributed by atoms with van der Waals surface area (Å²) in [6.45, 7) is 0.859. The lowest BCUT2D eigenvalue weighted by Crippen LogP contribution is -2.28. The number of fused-ring (bicyclic) bond motifs is 1. The van der Waals surface area contributed by atoms with E-state index >= 15 is 0 Å². The monoisotopic (exact) mass is 321 g/mol. The first-order valence-electron chi connectivity index (χ1n) is 7.80. The van der Waals surface area contributed by atoms with Gasteiger partial charge in [0.1, 0.15) is 18.1 Å². The number of hydrogen-bond acceptors (Lipinski definition) is 3. The average molecular weight is 321 g/mol. The highest BCUT2D eigenvalue weighted by atomic mass is 16.5. The second kappa shape index (κ2) is 7.51. The summed E-state index contributed by atoms with van der Waals surface area (Å²) >= 11 is 0. The fourth-order valence-electron chi connectivity index (χ4n) is 2.44. The minimum atomic E-state index is -0.125. The molecule has 0 atom stereocenters. The number of nitrogens with one attached hydrogen (secondary N) is 1. The Balaban J connectivity index is 1.49. The number of hydrogen-bond donors (Lipinski definition) is 1. The second-order valence-corrected chi connectivity index (χ2v) is 5.34. The number of rotatable bonds is 6. The molecule has 0 aromatic heterocycles. The third kappa shape index (κ3) is 3.84. The molecular weight excluding hydrogens is 302 g/mol. The van der Waals surface area contributed by atoms with Gasteiger partial charge in [-0.05, 0) is 47.2 Å². The molecule has 1 amide bonds. The first-order chi connectivity index (χ1) is 11.8. The summed E-state index contributed by atoms with van der Waals surface area (Å²) in [5.74, 6) is 1.40. The predicted octanol–water partition coefficient (Wildman–Crippen LogP) is 3.66. The molecule has 0 radical (unpaired) electrons. The maximum Gasteiger partial charge on any atom is 0.251 e. The topological polar surface area (TPSA) is 47.6 Å². The minimum Gasteiger partial charge on any atom is -0.497 e. The molecule has 3 aromatic carbocycles. The first kappa shape index (κ1) is 15.9. The molecule has 0 saturated carbocycles. The van der Waals surface area contributed by atoms with Crippen LogP contribution in [0.2, 0.25) is 0 Å². The Morgan fingerprint density at radius 2 is 1.62 bits per heavy atom. The van der Waals surface area contributed by atoms with Crippen molar-refractivity contribution in [2.45, 2.75) is 0 Å². The zero-order chi connectivity index (χ0) is 16.8. The molecule has 4 heteroatoms. The van der Waals surface area contributed by atoms with Crippen molar-refractivity contribution in [3.63, 3.8) is 0 Å². The van der Waals surface area contributed by atoms with Crippen LogP contribution in [-0.4, -0.2) is 26.2 Å². The van der Waals surface area contributed by atoms with E-state index in [9.17, 15) is 4.79 Å². The van der Waals surface area contributed by atoms with Crippen molar-refractivity contribution in [1.29, 1.82) is 0 Å².